The molecule has 0 heterocycles. The van der Waals surface area contributed by atoms with E-state index in [0.717, 1.165) is 4.47 Å². The van der Waals surface area contributed by atoms with E-state index in [9.17, 15) is 14.4 Å². The molecule has 10 heteroatoms. The lowest BCUT2D eigenvalue weighted by Gasteiger charge is -2.10. The number of carbonyl (C=O) groups excluding carboxylic acids is 3. The third-order valence-electron chi connectivity index (χ3n) is 4.39. The molecule has 2 N–H and O–H groups in total. The smallest absolute Gasteiger partial charge is 0.343 e. The molecule has 174 valence electrons. The number of methoxy groups -OCH3 is 2. The molecular weight excluding hydrogens is 506 g/mol. The number of amides is 2. The molecule has 0 unspecified atom stereocenters. The summed E-state index contributed by atoms with van der Waals surface area (Å²) in [6.45, 7) is 0. The van der Waals surface area contributed by atoms with E-state index >= 15 is 0 Å². The molecule has 3 rings (SSSR count). The van der Waals surface area contributed by atoms with Crippen LogP contribution in [0.2, 0.25) is 0 Å². The Hall–Kier alpha value is -4.18. The number of para-hydroxylation sites is 2. The maximum absolute atomic E-state index is 12.4. The van der Waals surface area contributed by atoms with Crippen LogP contribution in [0, 0.1) is 0 Å². The van der Waals surface area contributed by atoms with Crippen LogP contribution in [0.15, 0.2) is 76.3 Å². The van der Waals surface area contributed by atoms with Crippen molar-refractivity contribution in [3.63, 3.8) is 0 Å². The van der Waals surface area contributed by atoms with E-state index in [-0.39, 0.29) is 11.5 Å². The number of benzene rings is 3. The molecule has 0 atom stereocenters. The van der Waals surface area contributed by atoms with Crippen molar-refractivity contribution in [2.24, 2.45) is 5.10 Å². The fourth-order valence-electron chi connectivity index (χ4n) is 2.77. The molecule has 3 aromatic carbocycles. The number of nitrogens with one attached hydrogen (secondary N) is 2. The number of ether oxygens (including phenoxy) is 3. The highest BCUT2D eigenvalue weighted by Gasteiger charge is 2.15. The molecule has 0 saturated carbocycles. The van der Waals surface area contributed by atoms with Crippen LogP contribution >= 0.6 is 15.9 Å². The molecule has 3 aromatic rings. The zero-order valence-corrected chi connectivity index (χ0v) is 19.8. The SMILES string of the molecule is COc1ccccc1NC(=O)C(=O)N/N=C\c1ccc(OC(=O)c2cccc(Br)c2)c(OC)c1. The molecule has 0 aliphatic rings. The first kappa shape index (κ1) is 24.5. The normalized spacial score (nSPS) is 10.4. The number of rotatable bonds is 7. The summed E-state index contributed by atoms with van der Waals surface area (Å²) in [5.41, 5.74) is 3.40. The first-order valence-corrected chi connectivity index (χ1v) is 10.6. The van der Waals surface area contributed by atoms with Crippen LogP contribution in [0.5, 0.6) is 17.2 Å². The van der Waals surface area contributed by atoms with Gasteiger partial charge in [-0.05, 0) is 54.1 Å². The molecule has 9 nitrogen and oxygen atoms in total. The highest BCUT2D eigenvalue weighted by molar-refractivity contribution is 9.10. The molecule has 0 aliphatic heterocycles. The fraction of sp³-hybridized carbons (Fsp3) is 0.0833. The highest BCUT2D eigenvalue weighted by atomic mass is 79.9. The van der Waals surface area contributed by atoms with Gasteiger partial charge in [0.2, 0.25) is 0 Å². The Balaban J connectivity index is 1.62. The first-order valence-electron chi connectivity index (χ1n) is 9.84. The van der Waals surface area contributed by atoms with Gasteiger partial charge < -0.3 is 19.5 Å². The predicted octanol–water partition coefficient (Wildman–Crippen LogP) is 3.77. The number of halogens is 1. The second-order valence-electron chi connectivity index (χ2n) is 6.66. The molecule has 34 heavy (non-hydrogen) atoms. The van der Waals surface area contributed by atoms with E-state index in [1.54, 1.807) is 60.7 Å². The Morgan fingerprint density at radius 2 is 1.62 bits per heavy atom. The van der Waals surface area contributed by atoms with Gasteiger partial charge in [0, 0.05) is 4.47 Å². The maximum Gasteiger partial charge on any atom is 0.343 e. The van der Waals surface area contributed by atoms with Crippen molar-refractivity contribution in [2.75, 3.05) is 19.5 Å². The first-order chi connectivity index (χ1) is 16.4. The number of carbonyl (C=O) groups is 3. The van der Waals surface area contributed by atoms with Crippen LogP contribution in [-0.4, -0.2) is 38.2 Å². The molecule has 0 saturated heterocycles. The third kappa shape index (κ3) is 6.42. The minimum absolute atomic E-state index is 0.213. The molecule has 0 aliphatic carbocycles. The fourth-order valence-corrected chi connectivity index (χ4v) is 3.17. The lowest BCUT2D eigenvalue weighted by atomic mass is 10.2. The van der Waals surface area contributed by atoms with Crippen LogP contribution in [-0.2, 0) is 9.59 Å². The minimum Gasteiger partial charge on any atom is -0.495 e. The van der Waals surface area contributed by atoms with Crippen LogP contribution in [0.4, 0.5) is 5.69 Å². The average molecular weight is 526 g/mol. The van der Waals surface area contributed by atoms with Gasteiger partial charge >= 0.3 is 17.8 Å². The average Bonchev–Trinajstić information content (AvgIpc) is 2.85. The van der Waals surface area contributed by atoms with Crippen LogP contribution in [0.3, 0.4) is 0 Å². The van der Waals surface area contributed by atoms with Gasteiger partial charge in [0.25, 0.3) is 0 Å². The van der Waals surface area contributed by atoms with Crippen molar-refractivity contribution in [2.45, 2.75) is 0 Å². The van der Waals surface area contributed by atoms with E-state index in [0.29, 0.717) is 22.6 Å². The summed E-state index contributed by atoms with van der Waals surface area (Å²) in [6, 6.07) is 18.2. The monoisotopic (exact) mass is 525 g/mol. The van der Waals surface area contributed by atoms with Crippen molar-refractivity contribution in [1.29, 1.82) is 0 Å². The lowest BCUT2D eigenvalue weighted by Crippen LogP contribution is -2.32. The van der Waals surface area contributed by atoms with E-state index in [1.807, 2.05) is 0 Å². The van der Waals surface area contributed by atoms with E-state index in [2.05, 4.69) is 31.8 Å². The van der Waals surface area contributed by atoms with Crippen molar-refractivity contribution < 1.29 is 28.6 Å². The largest absolute Gasteiger partial charge is 0.495 e. The summed E-state index contributed by atoms with van der Waals surface area (Å²) >= 11 is 3.31. The summed E-state index contributed by atoms with van der Waals surface area (Å²) < 4.78 is 16.6. The second-order valence-corrected chi connectivity index (χ2v) is 7.58. The van der Waals surface area contributed by atoms with E-state index < -0.39 is 17.8 Å². The molecule has 0 spiro atoms. The standard InChI is InChI=1S/C24H20BrN3O6/c1-32-19-9-4-3-8-18(19)27-22(29)23(30)28-26-14-15-10-11-20(21(12-15)33-2)34-24(31)16-6-5-7-17(25)13-16/h3-14H,1-2H3,(H,27,29)(H,28,30)/b26-14-. The Bertz CT molecular complexity index is 1240. The number of hydrogen-bond donors (Lipinski definition) is 2. The zero-order valence-electron chi connectivity index (χ0n) is 18.2. The number of anilines is 1. The Morgan fingerprint density at radius 1 is 0.853 bits per heavy atom. The zero-order chi connectivity index (χ0) is 24.5. The van der Waals surface area contributed by atoms with Crippen molar-refractivity contribution in [1.82, 2.24) is 5.43 Å². The Kier molecular flexibility index (Phi) is 8.36. The van der Waals surface area contributed by atoms with Gasteiger partial charge in [0.15, 0.2) is 11.5 Å². The molecule has 0 radical (unpaired) electrons. The topological polar surface area (TPSA) is 115 Å². The quantitative estimate of drug-likeness (QED) is 0.159. The van der Waals surface area contributed by atoms with E-state index in [1.165, 1.54) is 26.5 Å². The summed E-state index contributed by atoms with van der Waals surface area (Å²) in [5, 5.41) is 6.23. The van der Waals surface area contributed by atoms with Crippen molar-refractivity contribution >= 4 is 45.6 Å². The maximum atomic E-state index is 12.4. The highest BCUT2D eigenvalue weighted by Crippen LogP contribution is 2.28. The van der Waals surface area contributed by atoms with Gasteiger partial charge in [0.05, 0.1) is 31.7 Å². The number of nitrogens with zero attached hydrogens (tertiary/aromatic N) is 1. The third-order valence-corrected chi connectivity index (χ3v) is 4.89. The van der Waals surface area contributed by atoms with Gasteiger partial charge in [-0.25, -0.2) is 10.2 Å². The van der Waals surface area contributed by atoms with Crippen molar-refractivity contribution in [3.8, 4) is 17.2 Å². The number of hydrogen-bond acceptors (Lipinski definition) is 7. The molecule has 2 amide bonds. The summed E-state index contributed by atoms with van der Waals surface area (Å²) in [6.07, 6.45) is 1.32. The van der Waals surface area contributed by atoms with Gasteiger partial charge in [0.1, 0.15) is 5.75 Å². The second kappa shape index (κ2) is 11.6. The summed E-state index contributed by atoms with van der Waals surface area (Å²) in [4.78, 5) is 36.5. The van der Waals surface area contributed by atoms with Gasteiger partial charge in [-0.3, -0.25) is 9.59 Å². The summed E-state index contributed by atoms with van der Waals surface area (Å²) in [5.74, 6) is -1.51. The van der Waals surface area contributed by atoms with Crippen molar-refractivity contribution in [3.05, 3.63) is 82.3 Å². The number of hydrazone groups is 1. The van der Waals surface area contributed by atoms with E-state index in [4.69, 9.17) is 14.2 Å². The van der Waals surface area contributed by atoms with Gasteiger partial charge in [-0.1, -0.05) is 34.1 Å². The Labute approximate surface area is 203 Å². The van der Waals surface area contributed by atoms with Crippen LogP contribution < -0.4 is 25.0 Å². The number of esters is 1. The Morgan fingerprint density at radius 3 is 2.35 bits per heavy atom. The summed E-state index contributed by atoms with van der Waals surface area (Å²) in [7, 11) is 2.88. The van der Waals surface area contributed by atoms with Crippen LogP contribution in [0.1, 0.15) is 15.9 Å². The van der Waals surface area contributed by atoms with Gasteiger partial charge in [-0.2, -0.15) is 5.10 Å². The van der Waals surface area contributed by atoms with Crippen LogP contribution in [0.25, 0.3) is 0 Å². The lowest BCUT2D eigenvalue weighted by molar-refractivity contribution is -0.136. The molecule has 0 fully saturated rings. The predicted molar refractivity (Wildman–Crippen MR) is 129 cm³/mol. The molecular formula is C24H20BrN3O6. The molecule has 0 aromatic heterocycles. The molecule has 0 bridgehead atoms. The minimum atomic E-state index is -0.964. The van der Waals surface area contributed by atoms with Gasteiger partial charge in [-0.15, -0.1) is 0 Å².